The second-order valence-corrected chi connectivity index (χ2v) is 4.94. The van der Waals surface area contributed by atoms with Crippen molar-refractivity contribution in [2.45, 2.75) is 11.9 Å². The van der Waals surface area contributed by atoms with Gasteiger partial charge in [0.25, 0.3) is 5.91 Å². The summed E-state index contributed by atoms with van der Waals surface area (Å²) >= 11 is 1.56. The first kappa shape index (κ1) is 12.3. The van der Waals surface area contributed by atoms with Gasteiger partial charge in [-0.25, -0.2) is 9.97 Å². The number of amides is 1. The Morgan fingerprint density at radius 2 is 2.12 bits per heavy atom. The summed E-state index contributed by atoms with van der Waals surface area (Å²) in [5.74, 6) is 0.885. The fraction of sp³-hybridized carbons (Fsp3) is 0.545. The third kappa shape index (κ3) is 2.95. The number of carbonyl (C=O) groups excluding carboxylic acids is 1. The highest BCUT2D eigenvalue weighted by Crippen LogP contribution is 2.19. The number of nitrogens with zero attached hydrogens (tertiary/aromatic N) is 3. The van der Waals surface area contributed by atoms with Crippen LogP contribution in [0.4, 0.5) is 0 Å². The molecule has 0 spiro atoms. The van der Waals surface area contributed by atoms with E-state index in [1.54, 1.807) is 24.2 Å². The molecule has 0 atom stereocenters. The van der Waals surface area contributed by atoms with Gasteiger partial charge >= 0.3 is 0 Å². The van der Waals surface area contributed by atoms with Gasteiger partial charge in [-0.15, -0.1) is 11.8 Å². The molecule has 1 aliphatic rings. The number of rotatable bonds is 3. The van der Waals surface area contributed by atoms with Crippen molar-refractivity contribution < 1.29 is 4.79 Å². The van der Waals surface area contributed by atoms with Crippen molar-refractivity contribution in [1.82, 2.24) is 20.2 Å². The van der Waals surface area contributed by atoms with Crippen LogP contribution in [-0.2, 0) is 0 Å². The van der Waals surface area contributed by atoms with E-state index in [4.69, 9.17) is 0 Å². The van der Waals surface area contributed by atoms with E-state index in [0.717, 1.165) is 37.0 Å². The molecule has 0 bridgehead atoms. The van der Waals surface area contributed by atoms with E-state index in [-0.39, 0.29) is 5.91 Å². The highest BCUT2D eigenvalue weighted by atomic mass is 32.2. The SMILES string of the molecule is CCSc1nccnc1C(=O)N1CCNCC1. The number of thioether (sulfide) groups is 1. The van der Waals surface area contributed by atoms with Crippen LogP contribution < -0.4 is 5.32 Å². The zero-order valence-electron chi connectivity index (χ0n) is 9.85. The van der Waals surface area contributed by atoms with Gasteiger partial charge in [-0.3, -0.25) is 4.79 Å². The summed E-state index contributed by atoms with van der Waals surface area (Å²) < 4.78 is 0. The molecule has 1 N–H and O–H groups in total. The summed E-state index contributed by atoms with van der Waals surface area (Å²) in [6.45, 7) is 5.22. The van der Waals surface area contributed by atoms with Crippen LogP contribution in [0.1, 0.15) is 17.4 Å². The largest absolute Gasteiger partial charge is 0.335 e. The summed E-state index contributed by atoms with van der Waals surface area (Å²) in [6.07, 6.45) is 3.21. The Morgan fingerprint density at radius 3 is 2.82 bits per heavy atom. The molecule has 5 nitrogen and oxygen atoms in total. The lowest BCUT2D eigenvalue weighted by Crippen LogP contribution is -2.46. The third-order valence-electron chi connectivity index (χ3n) is 2.55. The molecule has 1 amide bonds. The van der Waals surface area contributed by atoms with Crippen molar-refractivity contribution in [3.63, 3.8) is 0 Å². The van der Waals surface area contributed by atoms with E-state index in [2.05, 4.69) is 15.3 Å². The number of hydrogen-bond donors (Lipinski definition) is 1. The van der Waals surface area contributed by atoms with Gasteiger partial charge in [-0.05, 0) is 5.75 Å². The molecular formula is C11H16N4OS. The van der Waals surface area contributed by atoms with Gasteiger partial charge in [0.15, 0.2) is 5.69 Å². The zero-order chi connectivity index (χ0) is 12.1. The van der Waals surface area contributed by atoms with Crippen LogP contribution in [0.3, 0.4) is 0 Å². The summed E-state index contributed by atoms with van der Waals surface area (Å²) in [5, 5.41) is 3.96. The van der Waals surface area contributed by atoms with Crippen molar-refractivity contribution in [1.29, 1.82) is 0 Å². The van der Waals surface area contributed by atoms with Gasteiger partial charge in [0.05, 0.1) is 0 Å². The van der Waals surface area contributed by atoms with E-state index in [9.17, 15) is 4.79 Å². The van der Waals surface area contributed by atoms with Crippen LogP contribution in [0, 0.1) is 0 Å². The normalized spacial score (nSPS) is 15.9. The Morgan fingerprint density at radius 1 is 1.41 bits per heavy atom. The second-order valence-electron chi connectivity index (χ2n) is 3.69. The van der Waals surface area contributed by atoms with Gasteiger partial charge in [-0.1, -0.05) is 6.92 Å². The lowest BCUT2D eigenvalue weighted by molar-refractivity contribution is 0.0725. The van der Waals surface area contributed by atoms with Crippen LogP contribution in [0.15, 0.2) is 17.4 Å². The van der Waals surface area contributed by atoms with Gasteiger partial charge in [0, 0.05) is 38.6 Å². The molecule has 92 valence electrons. The summed E-state index contributed by atoms with van der Waals surface area (Å²) in [6, 6.07) is 0. The molecule has 1 fully saturated rings. The van der Waals surface area contributed by atoms with E-state index in [1.165, 1.54) is 0 Å². The van der Waals surface area contributed by atoms with Gasteiger partial charge in [0.1, 0.15) is 5.03 Å². The van der Waals surface area contributed by atoms with Crippen molar-refractivity contribution in [2.75, 3.05) is 31.9 Å². The first-order valence-corrected chi connectivity index (χ1v) is 6.75. The molecule has 0 radical (unpaired) electrons. The Hall–Kier alpha value is -1.14. The highest BCUT2D eigenvalue weighted by Gasteiger charge is 2.22. The standard InChI is InChI=1S/C11H16N4OS/c1-2-17-10-9(13-3-4-14-10)11(16)15-7-5-12-6-8-15/h3-4,12H,2,5-8H2,1H3. The minimum absolute atomic E-state index is 0.00412. The minimum atomic E-state index is -0.00412. The predicted molar refractivity (Wildman–Crippen MR) is 67.2 cm³/mol. The Labute approximate surface area is 105 Å². The fourth-order valence-corrected chi connectivity index (χ4v) is 2.42. The summed E-state index contributed by atoms with van der Waals surface area (Å²) in [4.78, 5) is 22.5. The van der Waals surface area contributed by atoms with E-state index in [0.29, 0.717) is 5.69 Å². The molecule has 0 aliphatic carbocycles. The number of hydrogen-bond acceptors (Lipinski definition) is 5. The van der Waals surface area contributed by atoms with Crippen LogP contribution in [0.2, 0.25) is 0 Å². The summed E-state index contributed by atoms with van der Waals surface area (Å²) in [7, 11) is 0. The first-order chi connectivity index (χ1) is 8.33. The van der Waals surface area contributed by atoms with E-state index >= 15 is 0 Å². The molecule has 1 saturated heterocycles. The number of nitrogens with one attached hydrogen (secondary N) is 1. The first-order valence-electron chi connectivity index (χ1n) is 5.76. The monoisotopic (exact) mass is 252 g/mol. The van der Waals surface area contributed by atoms with Crippen LogP contribution in [-0.4, -0.2) is 52.7 Å². The zero-order valence-corrected chi connectivity index (χ0v) is 10.7. The van der Waals surface area contributed by atoms with Gasteiger partial charge in [0.2, 0.25) is 0 Å². The molecule has 6 heteroatoms. The van der Waals surface area contributed by atoms with Gasteiger partial charge in [-0.2, -0.15) is 0 Å². The van der Waals surface area contributed by atoms with Crippen LogP contribution in [0.25, 0.3) is 0 Å². The molecule has 17 heavy (non-hydrogen) atoms. The smallest absolute Gasteiger partial charge is 0.275 e. The predicted octanol–water partition coefficient (Wildman–Crippen LogP) is 0.634. The van der Waals surface area contributed by atoms with Crippen molar-refractivity contribution in [3.8, 4) is 0 Å². The molecule has 0 unspecified atom stereocenters. The number of piperazine rings is 1. The Bertz CT molecular complexity index is 393. The number of carbonyl (C=O) groups is 1. The lowest BCUT2D eigenvalue weighted by Gasteiger charge is -2.27. The average Bonchev–Trinajstić information content (AvgIpc) is 2.40. The molecule has 2 rings (SSSR count). The number of aromatic nitrogens is 2. The van der Waals surface area contributed by atoms with E-state index in [1.807, 2.05) is 11.8 Å². The van der Waals surface area contributed by atoms with Crippen molar-refractivity contribution in [3.05, 3.63) is 18.1 Å². The summed E-state index contributed by atoms with van der Waals surface area (Å²) in [5.41, 5.74) is 0.487. The minimum Gasteiger partial charge on any atom is -0.335 e. The molecule has 1 aliphatic heterocycles. The Kier molecular flexibility index (Phi) is 4.33. The highest BCUT2D eigenvalue weighted by molar-refractivity contribution is 7.99. The van der Waals surface area contributed by atoms with E-state index < -0.39 is 0 Å². The topological polar surface area (TPSA) is 58.1 Å². The maximum atomic E-state index is 12.3. The second kappa shape index (κ2) is 5.97. The molecule has 0 aromatic carbocycles. The van der Waals surface area contributed by atoms with Crippen LogP contribution in [0.5, 0.6) is 0 Å². The molecule has 2 heterocycles. The molecular weight excluding hydrogens is 236 g/mol. The molecule has 1 aromatic rings. The van der Waals surface area contributed by atoms with Crippen molar-refractivity contribution in [2.24, 2.45) is 0 Å². The lowest BCUT2D eigenvalue weighted by atomic mass is 10.3. The quantitative estimate of drug-likeness (QED) is 0.800. The van der Waals surface area contributed by atoms with Crippen molar-refractivity contribution >= 4 is 17.7 Å². The third-order valence-corrected chi connectivity index (χ3v) is 3.41. The molecule has 1 aromatic heterocycles. The maximum absolute atomic E-state index is 12.3. The van der Waals surface area contributed by atoms with Crippen LogP contribution >= 0.6 is 11.8 Å². The molecule has 0 saturated carbocycles. The maximum Gasteiger partial charge on any atom is 0.275 e. The fourth-order valence-electron chi connectivity index (χ4n) is 1.73. The average molecular weight is 252 g/mol. The van der Waals surface area contributed by atoms with Gasteiger partial charge < -0.3 is 10.2 Å². The Balaban J connectivity index is 2.17.